The number of carbonyl (C=O) groups excluding carboxylic acids is 1. The minimum atomic E-state index is 0.0580. The van der Waals surface area contributed by atoms with Gasteiger partial charge in [0.15, 0.2) is 0 Å². The molecule has 0 spiro atoms. The Bertz CT molecular complexity index is 649. The number of carbonyl (C=O) groups is 1. The zero-order valence-corrected chi connectivity index (χ0v) is 14.5. The fraction of sp³-hybridized carbons (Fsp3) is 0.444. The highest BCUT2D eigenvalue weighted by Gasteiger charge is 2.13. The van der Waals surface area contributed by atoms with E-state index in [0.717, 1.165) is 24.4 Å². The number of aryl methyl sites for hydroxylation is 2. The molecule has 0 bridgehead atoms. The van der Waals surface area contributed by atoms with E-state index in [1.807, 2.05) is 48.8 Å². The number of benzene rings is 1. The van der Waals surface area contributed by atoms with Crippen molar-refractivity contribution in [1.29, 1.82) is 0 Å². The average molecular weight is 314 g/mol. The minimum Gasteiger partial charge on any atom is -0.355 e. The third-order valence-corrected chi connectivity index (χ3v) is 4.08. The smallest absolute Gasteiger partial charge is 0.234 e. The highest BCUT2D eigenvalue weighted by Crippen LogP contribution is 2.13. The maximum atomic E-state index is 12.0. The Balaban J connectivity index is 1.76. The quantitative estimate of drug-likeness (QED) is 0.848. The van der Waals surface area contributed by atoms with Crippen LogP contribution >= 0.6 is 0 Å². The van der Waals surface area contributed by atoms with Crippen LogP contribution in [0.3, 0.4) is 0 Å². The summed E-state index contributed by atoms with van der Waals surface area (Å²) in [6.45, 7) is 5.86. The lowest BCUT2D eigenvalue weighted by atomic mass is 10.1. The summed E-state index contributed by atoms with van der Waals surface area (Å²) in [6.07, 6.45) is 0.858. The van der Waals surface area contributed by atoms with Crippen molar-refractivity contribution < 1.29 is 4.79 Å². The van der Waals surface area contributed by atoms with Gasteiger partial charge in [-0.1, -0.05) is 30.3 Å². The lowest BCUT2D eigenvalue weighted by Gasteiger charge is -2.16. The molecule has 0 unspecified atom stereocenters. The van der Waals surface area contributed by atoms with Crippen LogP contribution in [0, 0.1) is 13.8 Å². The summed E-state index contributed by atoms with van der Waals surface area (Å²) < 4.78 is 1.89. The summed E-state index contributed by atoms with van der Waals surface area (Å²) in [5.74, 6) is 0.0580. The Morgan fingerprint density at radius 2 is 1.96 bits per heavy atom. The Hall–Kier alpha value is -2.14. The highest BCUT2D eigenvalue weighted by molar-refractivity contribution is 5.77. The highest BCUT2D eigenvalue weighted by atomic mass is 16.2. The van der Waals surface area contributed by atoms with Crippen LogP contribution in [0.25, 0.3) is 0 Å². The fourth-order valence-corrected chi connectivity index (χ4v) is 2.66. The Labute approximate surface area is 138 Å². The topological polar surface area (TPSA) is 50.2 Å². The molecule has 2 aromatic rings. The van der Waals surface area contributed by atoms with Crippen LogP contribution in [0.5, 0.6) is 0 Å². The molecule has 5 heteroatoms. The van der Waals surface area contributed by atoms with E-state index in [-0.39, 0.29) is 5.91 Å². The van der Waals surface area contributed by atoms with Gasteiger partial charge in [-0.25, -0.2) is 0 Å². The number of nitrogens with zero attached hydrogens (tertiary/aromatic N) is 3. The first kappa shape index (κ1) is 17.2. The summed E-state index contributed by atoms with van der Waals surface area (Å²) in [4.78, 5) is 14.1. The molecule has 0 radical (unpaired) electrons. The van der Waals surface area contributed by atoms with Gasteiger partial charge in [-0.3, -0.25) is 14.4 Å². The van der Waals surface area contributed by atoms with Crippen molar-refractivity contribution in [2.24, 2.45) is 7.05 Å². The monoisotopic (exact) mass is 314 g/mol. The van der Waals surface area contributed by atoms with Gasteiger partial charge in [0.1, 0.15) is 0 Å². The van der Waals surface area contributed by atoms with Gasteiger partial charge >= 0.3 is 0 Å². The molecule has 23 heavy (non-hydrogen) atoms. The van der Waals surface area contributed by atoms with Crippen molar-refractivity contribution >= 4 is 5.91 Å². The molecule has 0 aliphatic rings. The van der Waals surface area contributed by atoms with Gasteiger partial charge < -0.3 is 5.32 Å². The van der Waals surface area contributed by atoms with Crippen molar-refractivity contribution in [2.75, 3.05) is 20.1 Å². The maximum Gasteiger partial charge on any atom is 0.234 e. The van der Waals surface area contributed by atoms with Gasteiger partial charge in [0.05, 0.1) is 12.2 Å². The number of amides is 1. The minimum absolute atomic E-state index is 0.0580. The first-order valence-corrected chi connectivity index (χ1v) is 7.95. The van der Waals surface area contributed by atoms with Crippen molar-refractivity contribution in [3.63, 3.8) is 0 Å². The molecule has 0 atom stereocenters. The molecule has 1 aromatic carbocycles. The summed E-state index contributed by atoms with van der Waals surface area (Å²) in [7, 11) is 3.91. The molecule has 0 fully saturated rings. The molecule has 0 aliphatic carbocycles. The van der Waals surface area contributed by atoms with Crippen LogP contribution in [0.2, 0.25) is 0 Å². The third-order valence-electron chi connectivity index (χ3n) is 4.08. The number of hydrogen-bond acceptors (Lipinski definition) is 3. The van der Waals surface area contributed by atoms with Crippen LogP contribution in [0.4, 0.5) is 0 Å². The van der Waals surface area contributed by atoms with Crippen LogP contribution in [0.1, 0.15) is 22.5 Å². The zero-order valence-electron chi connectivity index (χ0n) is 14.5. The van der Waals surface area contributed by atoms with Gasteiger partial charge in [0, 0.05) is 31.4 Å². The zero-order chi connectivity index (χ0) is 16.8. The lowest BCUT2D eigenvalue weighted by Crippen LogP contribution is -2.36. The molecule has 1 heterocycles. The van der Waals surface area contributed by atoms with E-state index in [1.165, 1.54) is 11.1 Å². The standard InChI is InChI=1S/C18H26N4O/c1-14-17(15(2)22(4)20-14)12-21(3)13-18(23)19-11-10-16-8-6-5-7-9-16/h5-9H,10-13H2,1-4H3,(H,19,23). The Morgan fingerprint density at radius 1 is 1.26 bits per heavy atom. The molecule has 1 N–H and O–H groups in total. The van der Waals surface area contributed by atoms with Crippen molar-refractivity contribution in [2.45, 2.75) is 26.8 Å². The Kier molecular flexibility index (Phi) is 5.93. The van der Waals surface area contributed by atoms with Gasteiger partial charge in [-0.15, -0.1) is 0 Å². The normalized spacial score (nSPS) is 11.0. The largest absolute Gasteiger partial charge is 0.355 e. The van der Waals surface area contributed by atoms with E-state index in [0.29, 0.717) is 13.1 Å². The first-order valence-electron chi connectivity index (χ1n) is 7.95. The molecule has 0 aliphatic heterocycles. The van der Waals surface area contributed by atoms with Gasteiger partial charge in [0.2, 0.25) is 5.91 Å². The van der Waals surface area contributed by atoms with Crippen molar-refractivity contribution in [1.82, 2.24) is 20.0 Å². The fourth-order valence-electron chi connectivity index (χ4n) is 2.66. The molecule has 1 amide bonds. The molecule has 5 nitrogen and oxygen atoms in total. The van der Waals surface area contributed by atoms with E-state index in [9.17, 15) is 4.79 Å². The second-order valence-electron chi connectivity index (χ2n) is 6.03. The molecule has 2 rings (SSSR count). The summed E-state index contributed by atoms with van der Waals surface area (Å²) in [6, 6.07) is 10.2. The molecular formula is C18H26N4O. The average Bonchev–Trinajstić information content (AvgIpc) is 2.74. The van der Waals surface area contributed by atoms with E-state index in [4.69, 9.17) is 0 Å². The molecular weight excluding hydrogens is 288 g/mol. The van der Waals surface area contributed by atoms with Gasteiger partial charge in [-0.2, -0.15) is 5.10 Å². The lowest BCUT2D eigenvalue weighted by molar-refractivity contribution is -0.122. The summed E-state index contributed by atoms with van der Waals surface area (Å²) in [5.41, 5.74) is 4.62. The molecule has 1 aromatic heterocycles. The SMILES string of the molecule is Cc1nn(C)c(C)c1CN(C)CC(=O)NCCc1ccccc1. The van der Waals surface area contributed by atoms with E-state index < -0.39 is 0 Å². The Morgan fingerprint density at radius 3 is 2.57 bits per heavy atom. The van der Waals surface area contributed by atoms with E-state index in [2.05, 4.69) is 29.5 Å². The number of hydrogen-bond donors (Lipinski definition) is 1. The van der Waals surface area contributed by atoms with Gasteiger partial charge in [0.25, 0.3) is 0 Å². The third kappa shape index (κ3) is 4.93. The number of likely N-dealkylation sites (N-methyl/N-ethyl adjacent to an activating group) is 1. The van der Waals surface area contributed by atoms with Gasteiger partial charge in [-0.05, 0) is 32.9 Å². The van der Waals surface area contributed by atoms with E-state index >= 15 is 0 Å². The molecule has 124 valence electrons. The summed E-state index contributed by atoms with van der Waals surface area (Å²) in [5, 5.41) is 7.40. The molecule has 0 saturated heterocycles. The van der Waals surface area contributed by atoms with Crippen molar-refractivity contribution in [3.05, 3.63) is 52.8 Å². The summed E-state index contributed by atoms with van der Waals surface area (Å²) >= 11 is 0. The van der Waals surface area contributed by atoms with Crippen molar-refractivity contribution in [3.8, 4) is 0 Å². The van der Waals surface area contributed by atoms with Crippen LogP contribution in [0.15, 0.2) is 30.3 Å². The van der Waals surface area contributed by atoms with E-state index in [1.54, 1.807) is 0 Å². The second kappa shape index (κ2) is 7.92. The second-order valence-corrected chi connectivity index (χ2v) is 6.03. The maximum absolute atomic E-state index is 12.0. The predicted octanol–water partition coefficient (Wildman–Crippen LogP) is 1.83. The number of aromatic nitrogens is 2. The molecule has 0 saturated carbocycles. The van der Waals surface area contributed by atoms with Crippen LogP contribution in [-0.2, 0) is 24.8 Å². The predicted molar refractivity (Wildman–Crippen MR) is 92.2 cm³/mol. The number of rotatable bonds is 7. The first-order chi connectivity index (χ1) is 11.0. The van der Waals surface area contributed by atoms with Crippen LogP contribution in [-0.4, -0.2) is 40.7 Å². The number of nitrogens with one attached hydrogen (secondary N) is 1. The van der Waals surface area contributed by atoms with Crippen LogP contribution < -0.4 is 5.32 Å².